The highest BCUT2D eigenvalue weighted by Gasteiger charge is 2.37. The van der Waals surface area contributed by atoms with E-state index < -0.39 is 7.37 Å². The molecule has 0 spiro atoms. The fourth-order valence-corrected chi connectivity index (χ4v) is 3.25. The fourth-order valence-electron chi connectivity index (χ4n) is 1.08. The van der Waals surface area contributed by atoms with Gasteiger partial charge in [-0.05, 0) is 13.8 Å². The molecule has 0 rings (SSSR count). The van der Waals surface area contributed by atoms with Gasteiger partial charge < -0.3 is 4.52 Å². The lowest BCUT2D eigenvalue weighted by Crippen LogP contribution is -2.21. The maximum absolute atomic E-state index is 12.4. The minimum atomic E-state index is -2.70. The first kappa shape index (κ1) is 13.7. The number of hydrogen-bond acceptors (Lipinski definition) is 3. The molecule has 1 atom stereocenters. The van der Waals surface area contributed by atoms with E-state index in [0.29, 0.717) is 12.6 Å². The molecule has 0 radical (unpaired) electrons. The van der Waals surface area contributed by atoms with Gasteiger partial charge in [0.05, 0.1) is 12.2 Å². The van der Waals surface area contributed by atoms with Crippen LogP contribution in [0.5, 0.6) is 0 Å². The van der Waals surface area contributed by atoms with Gasteiger partial charge in [-0.25, -0.2) is 0 Å². The molecule has 0 saturated carbocycles. The van der Waals surface area contributed by atoms with Gasteiger partial charge in [-0.15, -0.1) is 0 Å². The zero-order valence-electron chi connectivity index (χ0n) is 9.70. The Hall–Kier alpha value is -0.320. The van der Waals surface area contributed by atoms with Crippen LogP contribution < -0.4 is 0 Å². The van der Waals surface area contributed by atoms with E-state index in [-0.39, 0.29) is 11.3 Å². The molecule has 0 amide bonds. The minimum Gasteiger partial charge on any atom is -0.325 e. The molecule has 0 bridgehead atoms. The Morgan fingerprint density at radius 3 is 2.21 bits per heavy atom. The van der Waals surface area contributed by atoms with Crippen molar-refractivity contribution in [1.82, 2.24) is 0 Å². The lowest BCUT2D eigenvalue weighted by Gasteiger charge is -2.31. The molecule has 82 valence electrons. The summed E-state index contributed by atoms with van der Waals surface area (Å²) in [6.45, 7) is 9.42. The molecule has 0 N–H and O–H groups in total. The summed E-state index contributed by atoms with van der Waals surface area (Å²) in [4.78, 5) is 0. The van der Waals surface area contributed by atoms with Crippen LogP contribution in [0.4, 0.5) is 0 Å². The van der Waals surface area contributed by atoms with Crippen molar-refractivity contribution in [2.75, 3.05) is 6.16 Å². The minimum absolute atomic E-state index is 0.0567. The Bertz CT molecular complexity index is 260. The van der Waals surface area contributed by atoms with Crippen molar-refractivity contribution in [1.29, 1.82) is 5.26 Å². The Labute approximate surface area is 86.9 Å². The third kappa shape index (κ3) is 3.82. The van der Waals surface area contributed by atoms with E-state index in [1.807, 2.05) is 40.7 Å². The maximum Gasteiger partial charge on any atom is 0.209 e. The normalized spacial score (nSPS) is 16.4. The highest BCUT2D eigenvalue weighted by molar-refractivity contribution is 7.60. The second-order valence-electron chi connectivity index (χ2n) is 4.63. The average molecular weight is 217 g/mol. The Morgan fingerprint density at radius 1 is 1.43 bits per heavy atom. The highest BCUT2D eigenvalue weighted by atomic mass is 31.2. The molecule has 0 aliphatic heterocycles. The van der Waals surface area contributed by atoms with Crippen molar-refractivity contribution in [2.45, 2.75) is 52.3 Å². The zero-order chi connectivity index (χ0) is 11.4. The fraction of sp³-hybridized carbons (Fsp3) is 0.900. The predicted octanol–water partition coefficient (Wildman–Crippen LogP) is 3.40. The van der Waals surface area contributed by atoms with Gasteiger partial charge in [0, 0.05) is 17.7 Å². The molecule has 0 aromatic rings. The second-order valence-corrected chi connectivity index (χ2v) is 7.98. The van der Waals surface area contributed by atoms with Crippen molar-refractivity contribution in [3.8, 4) is 6.07 Å². The highest BCUT2D eigenvalue weighted by Crippen LogP contribution is 2.59. The van der Waals surface area contributed by atoms with Crippen molar-refractivity contribution in [2.24, 2.45) is 0 Å². The van der Waals surface area contributed by atoms with E-state index in [0.717, 1.165) is 0 Å². The van der Waals surface area contributed by atoms with Gasteiger partial charge in [0.15, 0.2) is 0 Å². The van der Waals surface area contributed by atoms with Crippen molar-refractivity contribution >= 4 is 7.37 Å². The Kier molecular flexibility index (Phi) is 4.84. The van der Waals surface area contributed by atoms with Crippen molar-refractivity contribution in [3.63, 3.8) is 0 Å². The topological polar surface area (TPSA) is 50.1 Å². The molecule has 0 saturated heterocycles. The summed E-state index contributed by atoms with van der Waals surface area (Å²) in [5.74, 6) is 0. The third-order valence-corrected chi connectivity index (χ3v) is 5.54. The van der Waals surface area contributed by atoms with Crippen LogP contribution in [0, 0.1) is 11.3 Å². The predicted molar refractivity (Wildman–Crippen MR) is 58.7 cm³/mol. The molecule has 0 aromatic carbocycles. The summed E-state index contributed by atoms with van der Waals surface area (Å²) >= 11 is 0. The van der Waals surface area contributed by atoms with Crippen molar-refractivity contribution < 1.29 is 9.09 Å². The van der Waals surface area contributed by atoms with Crippen LogP contribution in [0.25, 0.3) is 0 Å². The van der Waals surface area contributed by atoms with Gasteiger partial charge in [-0.2, -0.15) is 5.26 Å². The largest absolute Gasteiger partial charge is 0.325 e. The Morgan fingerprint density at radius 2 is 1.93 bits per heavy atom. The lowest BCUT2D eigenvalue weighted by atomic mass is 10.3. The van der Waals surface area contributed by atoms with Gasteiger partial charge >= 0.3 is 0 Å². The van der Waals surface area contributed by atoms with Crippen molar-refractivity contribution in [3.05, 3.63) is 0 Å². The van der Waals surface area contributed by atoms with Crippen LogP contribution in [-0.2, 0) is 9.09 Å². The van der Waals surface area contributed by atoms with E-state index in [1.165, 1.54) is 0 Å². The monoisotopic (exact) mass is 217 g/mol. The smallest absolute Gasteiger partial charge is 0.209 e. The maximum atomic E-state index is 12.4. The van der Waals surface area contributed by atoms with Crippen LogP contribution in [0.2, 0.25) is 0 Å². The molecule has 0 aliphatic rings. The van der Waals surface area contributed by atoms with Crippen LogP contribution in [0.15, 0.2) is 0 Å². The molecular formula is C10H20NO2P. The summed E-state index contributed by atoms with van der Waals surface area (Å²) in [6.07, 6.45) is 0.589. The SMILES string of the molecule is CC(C)OP(=O)(CCC#N)C(C)(C)C. The molecule has 0 aromatic heterocycles. The van der Waals surface area contributed by atoms with Crippen LogP contribution >= 0.6 is 7.37 Å². The lowest BCUT2D eigenvalue weighted by molar-refractivity contribution is 0.233. The molecule has 1 unspecified atom stereocenters. The van der Waals surface area contributed by atoms with E-state index in [9.17, 15) is 4.57 Å². The van der Waals surface area contributed by atoms with Gasteiger partial charge in [0.2, 0.25) is 7.37 Å². The van der Waals surface area contributed by atoms with Gasteiger partial charge in [-0.1, -0.05) is 20.8 Å². The van der Waals surface area contributed by atoms with Gasteiger partial charge in [0.1, 0.15) is 0 Å². The standard InChI is InChI=1S/C10H20NO2P/c1-9(2)13-14(12,8-6-7-11)10(3,4)5/h9H,6,8H2,1-5H3. The number of rotatable bonds is 4. The molecule has 0 heterocycles. The first-order valence-corrected chi connectivity index (χ1v) is 6.68. The van der Waals surface area contributed by atoms with E-state index in [1.54, 1.807) is 0 Å². The molecule has 0 fully saturated rings. The van der Waals surface area contributed by atoms with Crippen LogP contribution in [0.1, 0.15) is 41.0 Å². The summed E-state index contributed by atoms with van der Waals surface area (Å²) in [7, 11) is -2.70. The summed E-state index contributed by atoms with van der Waals surface area (Å²) in [5, 5.41) is 8.12. The number of nitriles is 1. The summed E-state index contributed by atoms with van der Waals surface area (Å²) in [6, 6.07) is 2.02. The van der Waals surface area contributed by atoms with Gasteiger partial charge in [-0.3, -0.25) is 4.57 Å². The number of hydrogen-bond donors (Lipinski definition) is 0. The molecule has 14 heavy (non-hydrogen) atoms. The van der Waals surface area contributed by atoms with E-state index in [2.05, 4.69) is 0 Å². The molecular weight excluding hydrogens is 197 g/mol. The third-order valence-electron chi connectivity index (χ3n) is 1.92. The van der Waals surface area contributed by atoms with Gasteiger partial charge in [0.25, 0.3) is 0 Å². The molecule has 3 nitrogen and oxygen atoms in total. The first-order chi connectivity index (χ1) is 6.23. The van der Waals surface area contributed by atoms with Crippen LogP contribution in [0.3, 0.4) is 0 Å². The molecule has 4 heteroatoms. The summed E-state index contributed by atoms with van der Waals surface area (Å²) in [5.41, 5.74) is 0. The molecule has 0 aliphatic carbocycles. The average Bonchev–Trinajstić information content (AvgIpc) is 1.97. The number of nitrogens with zero attached hydrogens (tertiary/aromatic N) is 1. The first-order valence-electron chi connectivity index (χ1n) is 4.87. The zero-order valence-corrected chi connectivity index (χ0v) is 10.6. The van der Waals surface area contributed by atoms with E-state index >= 15 is 0 Å². The van der Waals surface area contributed by atoms with E-state index in [4.69, 9.17) is 9.79 Å². The summed E-state index contributed by atoms with van der Waals surface area (Å²) < 4.78 is 17.9. The second kappa shape index (κ2) is 4.96. The Balaban J connectivity index is 4.70. The quantitative estimate of drug-likeness (QED) is 0.678. The van der Waals surface area contributed by atoms with Crippen LogP contribution in [-0.4, -0.2) is 17.4 Å².